The molecule has 1 N–H and O–H groups in total. The van der Waals surface area contributed by atoms with Gasteiger partial charge in [0.2, 0.25) is 15.9 Å². The molecule has 0 bridgehead atoms. The van der Waals surface area contributed by atoms with Gasteiger partial charge in [0, 0.05) is 36.8 Å². The van der Waals surface area contributed by atoms with Gasteiger partial charge in [-0.25, -0.2) is 8.42 Å². The molecule has 1 fully saturated rings. The minimum Gasteiger partial charge on any atom is -0.325 e. The molecule has 1 amide bonds. The van der Waals surface area contributed by atoms with E-state index in [0.717, 1.165) is 18.0 Å². The molecule has 2 aromatic rings. The van der Waals surface area contributed by atoms with Gasteiger partial charge in [0.1, 0.15) is 0 Å². The summed E-state index contributed by atoms with van der Waals surface area (Å²) in [4.78, 5) is 15.6. The van der Waals surface area contributed by atoms with Crippen LogP contribution in [0.25, 0.3) is 0 Å². The Bertz CT molecular complexity index is 905. The number of rotatable bonds is 6. The van der Waals surface area contributed by atoms with Crippen LogP contribution in [-0.4, -0.2) is 62.5 Å². The number of anilines is 1. The van der Waals surface area contributed by atoms with Crippen LogP contribution >= 0.6 is 11.8 Å². The summed E-state index contributed by atoms with van der Waals surface area (Å²) in [6.45, 7) is 4.47. The summed E-state index contributed by atoms with van der Waals surface area (Å²) in [5.74, 6) is 0.171. The van der Waals surface area contributed by atoms with Crippen LogP contribution in [0.1, 0.15) is 5.56 Å². The van der Waals surface area contributed by atoms with Crippen molar-refractivity contribution < 1.29 is 13.2 Å². The number of nitrogens with zero attached hydrogens (tertiary/aromatic N) is 2. The molecular formula is C20H25N3O3S2. The van der Waals surface area contributed by atoms with Gasteiger partial charge in [0.05, 0.1) is 10.6 Å². The maximum Gasteiger partial charge on any atom is 0.243 e. The van der Waals surface area contributed by atoms with Gasteiger partial charge in [-0.2, -0.15) is 4.31 Å². The molecule has 0 aromatic heterocycles. The number of hydrogen-bond donors (Lipinski definition) is 1. The monoisotopic (exact) mass is 419 g/mol. The van der Waals surface area contributed by atoms with Crippen molar-refractivity contribution in [2.45, 2.75) is 16.7 Å². The lowest BCUT2D eigenvalue weighted by Gasteiger charge is -2.31. The van der Waals surface area contributed by atoms with Crippen molar-refractivity contribution in [3.63, 3.8) is 0 Å². The maximum absolute atomic E-state index is 12.7. The third-order valence-corrected chi connectivity index (χ3v) is 7.55. The molecule has 0 spiro atoms. The van der Waals surface area contributed by atoms with Crippen molar-refractivity contribution in [3.05, 3.63) is 54.1 Å². The Morgan fingerprint density at radius 3 is 2.21 bits per heavy atom. The first kappa shape index (κ1) is 20.9. The molecule has 0 radical (unpaired) electrons. The second kappa shape index (κ2) is 9.09. The summed E-state index contributed by atoms with van der Waals surface area (Å²) in [5.41, 5.74) is 1.77. The molecule has 0 saturated carbocycles. The van der Waals surface area contributed by atoms with Gasteiger partial charge in [-0.1, -0.05) is 17.7 Å². The molecule has 0 aliphatic carbocycles. The van der Waals surface area contributed by atoms with Gasteiger partial charge in [0.15, 0.2) is 0 Å². The molecule has 0 unspecified atom stereocenters. The molecule has 150 valence electrons. The van der Waals surface area contributed by atoms with Gasteiger partial charge >= 0.3 is 0 Å². The topological polar surface area (TPSA) is 69.7 Å². The minimum absolute atomic E-state index is 0.125. The lowest BCUT2D eigenvalue weighted by Crippen LogP contribution is -2.46. The number of sulfonamides is 1. The highest BCUT2D eigenvalue weighted by Crippen LogP contribution is 2.21. The summed E-state index contributed by atoms with van der Waals surface area (Å²) in [7, 11) is -1.51. The fraction of sp³-hybridized carbons (Fsp3) is 0.350. The third-order valence-electron chi connectivity index (χ3n) is 4.63. The third kappa shape index (κ3) is 5.35. The molecular weight excluding hydrogens is 394 g/mol. The Labute approximate surface area is 171 Å². The van der Waals surface area contributed by atoms with Crippen molar-refractivity contribution in [2.75, 3.05) is 44.3 Å². The molecule has 3 rings (SSSR count). The summed E-state index contributed by atoms with van der Waals surface area (Å²) in [6.07, 6.45) is 0. The fourth-order valence-corrected chi connectivity index (χ4v) is 4.99. The maximum atomic E-state index is 12.7. The van der Waals surface area contributed by atoms with E-state index in [4.69, 9.17) is 0 Å². The molecule has 2 aromatic carbocycles. The van der Waals surface area contributed by atoms with Gasteiger partial charge < -0.3 is 10.2 Å². The number of piperazine rings is 1. The van der Waals surface area contributed by atoms with E-state index in [1.807, 2.05) is 38.2 Å². The first-order chi connectivity index (χ1) is 13.3. The Morgan fingerprint density at radius 1 is 1.00 bits per heavy atom. The van der Waals surface area contributed by atoms with Crippen LogP contribution in [0, 0.1) is 6.92 Å². The summed E-state index contributed by atoms with van der Waals surface area (Å²) in [5, 5.41) is 2.81. The first-order valence-corrected chi connectivity index (χ1v) is 11.6. The van der Waals surface area contributed by atoms with Crippen LogP contribution in [0.3, 0.4) is 0 Å². The standard InChI is InChI=1S/C20H25N3O3S2/c1-16-3-7-18(8-4-16)27-15-20(24)21-17-5-9-19(10-6-17)28(25,26)23-13-11-22(2)12-14-23/h3-10H,11-15H2,1-2H3,(H,21,24). The smallest absolute Gasteiger partial charge is 0.243 e. The molecule has 6 nitrogen and oxygen atoms in total. The minimum atomic E-state index is -3.49. The number of carbonyl (C=O) groups is 1. The first-order valence-electron chi connectivity index (χ1n) is 9.13. The van der Waals surface area contributed by atoms with E-state index in [9.17, 15) is 13.2 Å². The van der Waals surface area contributed by atoms with E-state index in [1.165, 1.54) is 21.6 Å². The number of nitrogens with one attached hydrogen (secondary N) is 1. The Balaban J connectivity index is 1.56. The Hall–Kier alpha value is -1.87. The van der Waals surface area contributed by atoms with Crippen LogP contribution < -0.4 is 5.32 Å². The highest BCUT2D eigenvalue weighted by Gasteiger charge is 2.27. The zero-order chi connectivity index (χ0) is 20.1. The van der Waals surface area contributed by atoms with E-state index in [2.05, 4.69) is 10.2 Å². The van der Waals surface area contributed by atoms with E-state index in [0.29, 0.717) is 24.5 Å². The lowest BCUT2D eigenvalue weighted by molar-refractivity contribution is -0.113. The van der Waals surface area contributed by atoms with Gasteiger partial charge in [-0.05, 0) is 50.4 Å². The lowest BCUT2D eigenvalue weighted by atomic mass is 10.2. The molecule has 1 aliphatic rings. The highest BCUT2D eigenvalue weighted by molar-refractivity contribution is 8.00. The normalized spacial score (nSPS) is 16.1. The SMILES string of the molecule is Cc1ccc(SCC(=O)Nc2ccc(S(=O)(=O)N3CCN(C)CC3)cc2)cc1. The molecule has 8 heteroatoms. The van der Waals surface area contributed by atoms with Crippen LogP contribution in [0.2, 0.25) is 0 Å². The van der Waals surface area contributed by atoms with Crippen molar-refractivity contribution in [3.8, 4) is 0 Å². The predicted octanol–water partition coefficient (Wildman–Crippen LogP) is 2.66. The molecule has 1 aliphatic heterocycles. The van der Waals surface area contributed by atoms with Crippen LogP contribution in [-0.2, 0) is 14.8 Å². The summed E-state index contributed by atoms with van der Waals surface area (Å²) < 4.78 is 27.0. The molecule has 0 atom stereocenters. The second-order valence-electron chi connectivity index (χ2n) is 6.88. The Morgan fingerprint density at radius 2 is 1.61 bits per heavy atom. The predicted molar refractivity (Wildman–Crippen MR) is 113 cm³/mol. The van der Waals surface area contributed by atoms with Crippen LogP contribution in [0.5, 0.6) is 0 Å². The van der Waals surface area contributed by atoms with Gasteiger partial charge in [0.25, 0.3) is 0 Å². The quantitative estimate of drug-likeness (QED) is 0.729. The zero-order valence-electron chi connectivity index (χ0n) is 16.1. The van der Waals surface area contributed by atoms with E-state index in [1.54, 1.807) is 24.3 Å². The number of carbonyl (C=O) groups excluding carboxylic acids is 1. The average Bonchev–Trinajstić information content (AvgIpc) is 2.68. The van der Waals surface area contributed by atoms with Crippen molar-refractivity contribution in [1.29, 1.82) is 0 Å². The van der Waals surface area contributed by atoms with Gasteiger partial charge in [-0.15, -0.1) is 11.8 Å². The zero-order valence-corrected chi connectivity index (χ0v) is 17.7. The number of likely N-dealkylation sites (N-methyl/N-ethyl adjacent to an activating group) is 1. The molecule has 1 heterocycles. The van der Waals surface area contributed by atoms with Crippen molar-refractivity contribution >= 4 is 33.4 Å². The largest absolute Gasteiger partial charge is 0.325 e. The molecule has 1 saturated heterocycles. The van der Waals surface area contributed by atoms with E-state index in [-0.39, 0.29) is 10.8 Å². The summed E-state index contributed by atoms with van der Waals surface area (Å²) in [6, 6.07) is 14.4. The van der Waals surface area contributed by atoms with Gasteiger partial charge in [-0.3, -0.25) is 4.79 Å². The highest BCUT2D eigenvalue weighted by atomic mass is 32.2. The number of aryl methyl sites for hydroxylation is 1. The number of benzene rings is 2. The fourth-order valence-electron chi connectivity index (χ4n) is 2.87. The van der Waals surface area contributed by atoms with Crippen molar-refractivity contribution in [2.24, 2.45) is 0 Å². The number of hydrogen-bond acceptors (Lipinski definition) is 5. The average molecular weight is 420 g/mol. The summed E-state index contributed by atoms with van der Waals surface area (Å²) >= 11 is 1.46. The van der Waals surface area contributed by atoms with Crippen molar-refractivity contribution in [1.82, 2.24) is 9.21 Å². The van der Waals surface area contributed by atoms with E-state index < -0.39 is 10.0 Å². The number of thioether (sulfide) groups is 1. The van der Waals surface area contributed by atoms with E-state index >= 15 is 0 Å². The van der Waals surface area contributed by atoms with Crippen LogP contribution in [0.4, 0.5) is 5.69 Å². The molecule has 28 heavy (non-hydrogen) atoms. The second-order valence-corrected chi connectivity index (χ2v) is 9.87. The Kier molecular flexibility index (Phi) is 6.77. The van der Waals surface area contributed by atoms with Crippen LogP contribution in [0.15, 0.2) is 58.3 Å². The number of amides is 1.